The zero-order chi connectivity index (χ0) is 14.9. The van der Waals surface area contributed by atoms with Gasteiger partial charge in [-0.05, 0) is 67.0 Å². The van der Waals surface area contributed by atoms with E-state index >= 15 is 0 Å². The highest BCUT2D eigenvalue weighted by atomic mass is 15.1. The van der Waals surface area contributed by atoms with E-state index in [0.717, 1.165) is 19.4 Å². The SMILES string of the molecule is CCCC(C)N(C)CCCCC(C)(C#N)NC(C)C. The van der Waals surface area contributed by atoms with E-state index in [4.69, 9.17) is 0 Å². The number of hydrogen-bond acceptors (Lipinski definition) is 3. The Hall–Kier alpha value is -0.590. The molecule has 3 nitrogen and oxygen atoms in total. The summed E-state index contributed by atoms with van der Waals surface area (Å²) in [7, 11) is 2.20. The second-order valence-electron chi connectivity index (χ2n) is 6.32. The Morgan fingerprint density at radius 3 is 2.37 bits per heavy atom. The summed E-state index contributed by atoms with van der Waals surface area (Å²) in [5.74, 6) is 0. The van der Waals surface area contributed by atoms with Gasteiger partial charge >= 0.3 is 0 Å². The van der Waals surface area contributed by atoms with E-state index < -0.39 is 0 Å². The fraction of sp³-hybridized carbons (Fsp3) is 0.938. The predicted molar refractivity (Wildman–Crippen MR) is 83.1 cm³/mol. The van der Waals surface area contributed by atoms with E-state index in [1.165, 1.54) is 19.3 Å². The first kappa shape index (κ1) is 18.4. The molecule has 0 fully saturated rings. The van der Waals surface area contributed by atoms with Crippen LogP contribution in [0.5, 0.6) is 0 Å². The third-order valence-electron chi connectivity index (χ3n) is 3.75. The van der Waals surface area contributed by atoms with Crippen molar-refractivity contribution < 1.29 is 0 Å². The van der Waals surface area contributed by atoms with Crippen molar-refractivity contribution in [1.29, 1.82) is 5.26 Å². The molecule has 0 rings (SSSR count). The standard InChI is InChI=1S/C16H33N3/c1-7-10-15(4)19(6)12-9-8-11-16(5,13-17)18-14(2)3/h14-15,18H,7-12H2,1-6H3. The average molecular weight is 267 g/mol. The van der Waals surface area contributed by atoms with Crippen LogP contribution in [-0.2, 0) is 0 Å². The van der Waals surface area contributed by atoms with Gasteiger partial charge in [0, 0.05) is 12.1 Å². The first-order chi connectivity index (χ1) is 8.84. The molecular weight excluding hydrogens is 234 g/mol. The minimum Gasteiger partial charge on any atom is -0.304 e. The fourth-order valence-electron chi connectivity index (χ4n) is 2.50. The molecule has 0 aliphatic rings. The summed E-state index contributed by atoms with van der Waals surface area (Å²) in [4.78, 5) is 2.43. The summed E-state index contributed by atoms with van der Waals surface area (Å²) in [6.07, 6.45) is 5.71. The highest BCUT2D eigenvalue weighted by molar-refractivity contribution is 5.04. The molecule has 19 heavy (non-hydrogen) atoms. The van der Waals surface area contributed by atoms with E-state index in [1.54, 1.807) is 0 Å². The van der Waals surface area contributed by atoms with Gasteiger partial charge < -0.3 is 4.90 Å². The van der Waals surface area contributed by atoms with Gasteiger partial charge in [0.1, 0.15) is 5.54 Å². The molecule has 0 aromatic rings. The molecule has 0 aromatic heterocycles. The van der Waals surface area contributed by atoms with Crippen LogP contribution in [-0.4, -0.2) is 36.1 Å². The van der Waals surface area contributed by atoms with Crippen LogP contribution >= 0.6 is 0 Å². The summed E-state index contributed by atoms with van der Waals surface area (Å²) in [6.45, 7) is 11.9. The van der Waals surface area contributed by atoms with Crippen molar-refractivity contribution in [2.24, 2.45) is 0 Å². The van der Waals surface area contributed by atoms with Gasteiger partial charge in [-0.15, -0.1) is 0 Å². The Bertz CT molecular complexity index is 270. The molecule has 0 saturated carbocycles. The molecule has 0 spiro atoms. The molecule has 112 valence electrons. The van der Waals surface area contributed by atoms with Gasteiger partial charge in [-0.1, -0.05) is 13.3 Å². The van der Waals surface area contributed by atoms with Crippen molar-refractivity contribution >= 4 is 0 Å². The highest BCUT2D eigenvalue weighted by Gasteiger charge is 2.23. The summed E-state index contributed by atoms with van der Waals surface area (Å²) >= 11 is 0. The van der Waals surface area contributed by atoms with Crippen LogP contribution in [0.2, 0.25) is 0 Å². The monoisotopic (exact) mass is 267 g/mol. The lowest BCUT2D eigenvalue weighted by Gasteiger charge is -2.27. The Morgan fingerprint density at radius 1 is 1.26 bits per heavy atom. The minimum atomic E-state index is -0.373. The Morgan fingerprint density at radius 2 is 1.89 bits per heavy atom. The molecular formula is C16H33N3. The van der Waals surface area contributed by atoms with Crippen LogP contribution in [0.4, 0.5) is 0 Å². The molecule has 0 heterocycles. The predicted octanol–water partition coefficient (Wildman–Crippen LogP) is 3.56. The Balaban J connectivity index is 3.93. The summed E-state index contributed by atoms with van der Waals surface area (Å²) in [5, 5.41) is 12.6. The van der Waals surface area contributed by atoms with Crippen molar-refractivity contribution in [2.45, 2.75) is 84.3 Å². The highest BCUT2D eigenvalue weighted by Crippen LogP contribution is 2.15. The number of rotatable bonds is 10. The number of nitrogens with zero attached hydrogens (tertiary/aromatic N) is 2. The van der Waals surface area contributed by atoms with Gasteiger partial charge in [0.15, 0.2) is 0 Å². The lowest BCUT2D eigenvalue weighted by molar-refractivity contribution is 0.236. The number of unbranched alkanes of at least 4 members (excludes halogenated alkanes) is 1. The molecule has 0 aliphatic carbocycles. The van der Waals surface area contributed by atoms with Crippen LogP contribution < -0.4 is 5.32 Å². The number of nitriles is 1. The number of nitrogens with one attached hydrogen (secondary N) is 1. The quantitative estimate of drug-likeness (QED) is 0.615. The molecule has 0 radical (unpaired) electrons. The third-order valence-corrected chi connectivity index (χ3v) is 3.75. The van der Waals surface area contributed by atoms with Gasteiger partial charge in [-0.25, -0.2) is 0 Å². The van der Waals surface area contributed by atoms with Crippen molar-refractivity contribution in [3.05, 3.63) is 0 Å². The van der Waals surface area contributed by atoms with Gasteiger partial charge in [-0.2, -0.15) is 5.26 Å². The van der Waals surface area contributed by atoms with E-state index in [1.807, 2.05) is 6.92 Å². The zero-order valence-corrected chi connectivity index (χ0v) is 13.8. The molecule has 2 unspecified atom stereocenters. The van der Waals surface area contributed by atoms with Crippen LogP contribution in [0.1, 0.15) is 66.7 Å². The average Bonchev–Trinajstić information content (AvgIpc) is 2.33. The molecule has 0 bridgehead atoms. The molecule has 0 aliphatic heterocycles. The van der Waals surface area contributed by atoms with Crippen molar-refractivity contribution in [3.63, 3.8) is 0 Å². The second kappa shape index (κ2) is 9.34. The first-order valence-corrected chi connectivity index (χ1v) is 7.73. The van der Waals surface area contributed by atoms with Gasteiger partial charge in [0.2, 0.25) is 0 Å². The Labute approximate surface area is 120 Å². The third kappa shape index (κ3) is 8.23. The maximum absolute atomic E-state index is 9.28. The second-order valence-corrected chi connectivity index (χ2v) is 6.32. The molecule has 2 atom stereocenters. The van der Waals surface area contributed by atoms with Crippen LogP contribution in [0.25, 0.3) is 0 Å². The van der Waals surface area contributed by atoms with Crippen molar-refractivity contribution in [2.75, 3.05) is 13.6 Å². The lowest BCUT2D eigenvalue weighted by Crippen LogP contribution is -2.45. The van der Waals surface area contributed by atoms with Gasteiger partial charge in [-0.3, -0.25) is 5.32 Å². The van der Waals surface area contributed by atoms with Crippen molar-refractivity contribution in [3.8, 4) is 6.07 Å². The maximum atomic E-state index is 9.28. The smallest absolute Gasteiger partial charge is 0.104 e. The summed E-state index contributed by atoms with van der Waals surface area (Å²) < 4.78 is 0. The largest absolute Gasteiger partial charge is 0.304 e. The number of hydrogen-bond donors (Lipinski definition) is 1. The van der Waals surface area contributed by atoms with Gasteiger partial charge in [0.25, 0.3) is 0 Å². The lowest BCUT2D eigenvalue weighted by atomic mass is 9.95. The first-order valence-electron chi connectivity index (χ1n) is 7.73. The zero-order valence-electron chi connectivity index (χ0n) is 13.8. The molecule has 0 amide bonds. The molecule has 0 saturated heterocycles. The maximum Gasteiger partial charge on any atom is 0.104 e. The van der Waals surface area contributed by atoms with E-state index in [2.05, 4.69) is 51.0 Å². The molecule has 3 heteroatoms. The van der Waals surface area contributed by atoms with Crippen LogP contribution in [0, 0.1) is 11.3 Å². The van der Waals surface area contributed by atoms with E-state index in [9.17, 15) is 5.26 Å². The fourth-order valence-corrected chi connectivity index (χ4v) is 2.50. The Kier molecular flexibility index (Phi) is 9.05. The molecule has 1 N–H and O–H groups in total. The van der Waals surface area contributed by atoms with Crippen LogP contribution in [0.3, 0.4) is 0 Å². The summed E-state index contributed by atoms with van der Waals surface area (Å²) in [5.41, 5.74) is -0.373. The topological polar surface area (TPSA) is 39.1 Å². The van der Waals surface area contributed by atoms with Crippen molar-refractivity contribution in [1.82, 2.24) is 10.2 Å². The normalized spacial score (nSPS) is 16.4. The molecule has 0 aromatic carbocycles. The van der Waals surface area contributed by atoms with E-state index in [0.29, 0.717) is 12.1 Å². The minimum absolute atomic E-state index is 0.358. The van der Waals surface area contributed by atoms with E-state index in [-0.39, 0.29) is 5.54 Å². The van der Waals surface area contributed by atoms with Gasteiger partial charge in [0.05, 0.1) is 6.07 Å². The van der Waals surface area contributed by atoms with Crippen LogP contribution in [0.15, 0.2) is 0 Å². The summed E-state index contributed by atoms with van der Waals surface area (Å²) in [6, 6.07) is 3.44.